The molecule has 114 valence electrons. The minimum absolute atomic E-state index is 0.0569. The van der Waals surface area contributed by atoms with Gasteiger partial charge < -0.3 is 15.1 Å². The molecule has 1 aromatic rings. The number of anilines is 1. The highest BCUT2D eigenvalue weighted by Gasteiger charge is 2.18. The number of nitrogens with one attached hydrogen (secondary N) is 1. The maximum absolute atomic E-state index is 13.1. The van der Waals surface area contributed by atoms with E-state index < -0.39 is 5.82 Å². The fraction of sp³-hybridized carbons (Fsp3) is 0.429. The molecule has 1 aliphatic rings. The summed E-state index contributed by atoms with van der Waals surface area (Å²) in [4.78, 5) is 15.2. The molecule has 0 aliphatic carbocycles. The Labute approximate surface area is 133 Å². The molecule has 0 saturated carbocycles. The second-order valence-electron chi connectivity index (χ2n) is 4.91. The van der Waals surface area contributed by atoms with Gasteiger partial charge in [-0.05, 0) is 36.8 Å². The molecule has 0 bridgehead atoms. The van der Waals surface area contributed by atoms with Crippen molar-refractivity contribution in [2.45, 2.75) is 13.3 Å². The van der Waals surface area contributed by atoms with Crippen LogP contribution >= 0.6 is 23.8 Å². The van der Waals surface area contributed by atoms with Gasteiger partial charge >= 0.3 is 0 Å². The van der Waals surface area contributed by atoms with Gasteiger partial charge in [0.25, 0.3) is 0 Å². The zero-order valence-corrected chi connectivity index (χ0v) is 13.3. The number of halogens is 2. The lowest BCUT2D eigenvalue weighted by Gasteiger charge is -2.24. The van der Waals surface area contributed by atoms with Crippen LogP contribution in [0.15, 0.2) is 18.2 Å². The lowest BCUT2D eigenvalue weighted by molar-refractivity contribution is -0.128. The van der Waals surface area contributed by atoms with Gasteiger partial charge in [0.2, 0.25) is 5.91 Å². The van der Waals surface area contributed by atoms with Gasteiger partial charge in [0.05, 0.1) is 5.02 Å². The normalized spacial score (nSPS) is 15.6. The maximum Gasteiger partial charge on any atom is 0.219 e. The molecule has 0 aromatic heterocycles. The summed E-state index contributed by atoms with van der Waals surface area (Å²) < 4.78 is 13.1. The first kappa shape index (κ1) is 16.0. The summed E-state index contributed by atoms with van der Waals surface area (Å²) in [6.07, 6.45) is 0.867. The Morgan fingerprint density at radius 3 is 2.62 bits per heavy atom. The minimum Gasteiger partial charge on any atom is -0.347 e. The molecule has 1 N–H and O–H groups in total. The van der Waals surface area contributed by atoms with Crippen molar-refractivity contribution in [1.29, 1.82) is 0 Å². The highest BCUT2D eigenvalue weighted by atomic mass is 35.5. The molecule has 21 heavy (non-hydrogen) atoms. The Bertz CT molecular complexity index is 555. The smallest absolute Gasteiger partial charge is 0.219 e. The summed E-state index contributed by atoms with van der Waals surface area (Å²) in [5, 5.41) is 3.67. The van der Waals surface area contributed by atoms with E-state index in [4.69, 9.17) is 23.8 Å². The van der Waals surface area contributed by atoms with Crippen LogP contribution in [0.25, 0.3) is 0 Å². The SMILES string of the molecule is CC(=O)N1CCCN(C(=S)Nc2ccc(F)c(Cl)c2)CC1. The van der Waals surface area contributed by atoms with Crippen LogP contribution in [-0.2, 0) is 4.79 Å². The molecule has 0 unspecified atom stereocenters. The molecule has 0 radical (unpaired) electrons. The largest absolute Gasteiger partial charge is 0.347 e. The number of carbonyl (C=O) groups excluding carboxylic acids is 1. The quantitative estimate of drug-likeness (QED) is 0.804. The van der Waals surface area contributed by atoms with E-state index in [0.717, 1.165) is 19.5 Å². The number of thiocarbonyl (C=S) groups is 1. The number of rotatable bonds is 1. The molecule has 4 nitrogen and oxygen atoms in total. The van der Waals surface area contributed by atoms with Crippen LogP contribution in [0.2, 0.25) is 5.02 Å². The van der Waals surface area contributed by atoms with E-state index >= 15 is 0 Å². The first-order valence-corrected chi connectivity index (χ1v) is 7.52. The first-order chi connectivity index (χ1) is 9.97. The van der Waals surface area contributed by atoms with E-state index in [0.29, 0.717) is 23.9 Å². The highest BCUT2D eigenvalue weighted by Crippen LogP contribution is 2.19. The average Bonchev–Trinajstić information content (AvgIpc) is 2.69. The second kappa shape index (κ2) is 7.04. The minimum atomic E-state index is -0.458. The van der Waals surface area contributed by atoms with E-state index in [9.17, 15) is 9.18 Å². The molecule has 7 heteroatoms. The molecule has 1 amide bonds. The van der Waals surface area contributed by atoms with Gasteiger partial charge in [-0.1, -0.05) is 11.6 Å². The zero-order chi connectivity index (χ0) is 15.4. The van der Waals surface area contributed by atoms with Crippen molar-refractivity contribution in [2.75, 3.05) is 31.5 Å². The fourth-order valence-corrected chi connectivity index (χ4v) is 2.69. The van der Waals surface area contributed by atoms with Gasteiger partial charge in [-0.25, -0.2) is 4.39 Å². The van der Waals surface area contributed by atoms with E-state index in [1.54, 1.807) is 13.0 Å². The summed E-state index contributed by atoms with van der Waals surface area (Å²) in [6.45, 7) is 4.44. The van der Waals surface area contributed by atoms with Crippen molar-refractivity contribution >= 4 is 40.5 Å². The van der Waals surface area contributed by atoms with Crippen molar-refractivity contribution in [1.82, 2.24) is 9.80 Å². The molecule has 1 aliphatic heterocycles. The molecule has 1 aromatic carbocycles. The Morgan fingerprint density at radius 1 is 1.29 bits per heavy atom. The Kier molecular flexibility index (Phi) is 5.36. The fourth-order valence-electron chi connectivity index (χ4n) is 2.21. The predicted molar refractivity (Wildman–Crippen MR) is 86.1 cm³/mol. The van der Waals surface area contributed by atoms with Crippen molar-refractivity contribution in [3.05, 3.63) is 29.0 Å². The van der Waals surface area contributed by atoms with Crippen LogP contribution < -0.4 is 5.32 Å². The van der Waals surface area contributed by atoms with Crippen molar-refractivity contribution in [2.24, 2.45) is 0 Å². The molecule has 2 rings (SSSR count). The van der Waals surface area contributed by atoms with E-state index in [1.807, 2.05) is 9.80 Å². The molecule has 1 fully saturated rings. The molecule has 1 heterocycles. The van der Waals surface area contributed by atoms with Crippen LogP contribution in [0.5, 0.6) is 0 Å². The topological polar surface area (TPSA) is 35.6 Å². The van der Waals surface area contributed by atoms with E-state index in [-0.39, 0.29) is 10.9 Å². The first-order valence-electron chi connectivity index (χ1n) is 6.74. The third-order valence-electron chi connectivity index (χ3n) is 3.40. The Balaban J connectivity index is 1.96. The van der Waals surface area contributed by atoms with Crippen LogP contribution in [0.3, 0.4) is 0 Å². The number of hydrogen-bond acceptors (Lipinski definition) is 2. The summed E-state index contributed by atoms with van der Waals surface area (Å²) in [5.74, 6) is -0.374. The summed E-state index contributed by atoms with van der Waals surface area (Å²) >= 11 is 11.1. The van der Waals surface area contributed by atoms with Crippen LogP contribution in [-0.4, -0.2) is 47.0 Å². The van der Waals surface area contributed by atoms with Crippen molar-refractivity contribution < 1.29 is 9.18 Å². The number of carbonyl (C=O) groups is 1. The standard InChI is InChI=1S/C14H17ClFN3OS/c1-10(20)18-5-2-6-19(8-7-18)14(21)17-11-3-4-13(16)12(15)9-11/h3-4,9H,2,5-8H2,1H3,(H,17,21). The predicted octanol–water partition coefficient (Wildman–Crippen LogP) is 2.73. The molecular formula is C14H17ClFN3OS. The Morgan fingerprint density at radius 2 is 1.95 bits per heavy atom. The number of nitrogens with zero attached hydrogens (tertiary/aromatic N) is 2. The monoisotopic (exact) mass is 329 g/mol. The van der Waals surface area contributed by atoms with Gasteiger partial charge in [0, 0.05) is 38.8 Å². The Hall–Kier alpha value is -1.40. The van der Waals surface area contributed by atoms with Gasteiger partial charge in [0.15, 0.2) is 5.11 Å². The third kappa shape index (κ3) is 4.28. The lowest BCUT2D eigenvalue weighted by atomic mass is 10.3. The van der Waals surface area contributed by atoms with Gasteiger partial charge in [-0.3, -0.25) is 4.79 Å². The van der Waals surface area contributed by atoms with Crippen molar-refractivity contribution in [3.8, 4) is 0 Å². The number of amides is 1. The molecule has 1 saturated heterocycles. The molecule has 0 atom stereocenters. The number of hydrogen-bond donors (Lipinski definition) is 1. The number of benzene rings is 1. The van der Waals surface area contributed by atoms with Crippen molar-refractivity contribution in [3.63, 3.8) is 0 Å². The van der Waals surface area contributed by atoms with Gasteiger partial charge in [-0.15, -0.1) is 0 Å². The maximum atomic E-state index is 13.1. The average molecular weight is 330 g/mol. The third-order valence-corrected chi connectivity index (χ3v) is 4.05. The summed E-state index contributed by atoms with van der Waals surface area (Å²) in [7, 11) is 0. The van der Waals surface area contributed by atoms with Crippen LogP contribution in [0, 0.1) is 5.82 Å². The van der Waals surface area contributed by atoms with Gasteiger partial charge in [0.1, 0.15) is 5.82 Å². The zero-order valence-electron chi connectivity index (χ0n) is 11.7. The second-order valence-corrected chi connectivity index (χ2v) is 5.70. The van der Waals surface area contributed by atoms with Gasteiger partial charge in [-0.2, -0.15) is 0 Å². The lowest BCUT2D eigenvalue weighted by Crippen LogP contribution is -2.38. The van der Waals surface area contributed by atoms with E-state index in [2.05, 4.69) is 5.32 Å². The molecular weight excluding hydrogens is 313 g/mol. The summed E-state index contributed by atoms with van der Waals surface area (Å²) in [5.41, 5.74) is 0.652. The highest BCUT2D eigenvalue weighted by molar-refractivity contribution is 7.80. The van der Waals surface area contributed by atoms with Crippen LogP contribution in [0.4, 0.5) is 10.1 Å². The van der Waals surface area contributed by atoms with Crippen LogP contribution in [0.1, 0.15) is 13.3 Å². The van der Waals surface area contributed by atoms with E-state index in [1.165, 1.54) is 12.1 Å². The summed E-state index contributed by atoms with van der Waals surface area (Å²) in [6, 6.07) is 4.39. The molecule has 0 spiro atoms.